The van der Waals surface area contributed by atoms with Gasteiger partial charge in [0.05, 0.1) is 0 Å². The molecule has 0 aliphatic carbocycles. The van der Waals surface area contributed by atoms with Crippen molar-refractivity contribution in [2.75, 3.05) is 0 Å². The van der Waals surface area contributed by atoms with Crippen LogP contribution in [0.15, 0.2) is 60.7 Å². The van der Waals surface area contributed by atoms with Gasteiger partial charge in [-0.15, -0.1) is 0 Å². The van der Waals surface area contributed by atoms with Crippen molar-refractivity contribution in [2.24, 2.45) is 0 Å². The van der Waals surface area contributed by atoms with E-state index in [1.807, 2.05) is 54.6 Å². The zero-order valence-electron chi connectivity index (χ0n) is 9.68. The smallest absolute Gasteiger partial charge is 0.0493 e. The molecule has 0 bridgehead atoms. The van der Waals surface area contributed by atoms with Gasteiger partial charge in [-0.25, -0.2) is 0 Å². The molecule has 0 amide bonds. The maximum atomic E-state index is 6.07. The molecule has 0 radical (unpaired) electrons. The van der Waals surface area contributed by atoms with Crippen LogP contribution < -0.4 is 0 Å². The lowest BCUT2D eigenvalue weighted by atomic mass is 10.2. The van der Waals surface area contributed by atoms with Gasteiger partial charge >= 0.3 is 0 Å². The van der Waals surface area contributed by atoms with Crippen molar-refractivity contribution in [2.45, 2.75) is 0 Å². The van der Waals surface area contributed by atoms with Crippen molar-refractivity contribution in [3.05, 3.63) is 81.9 Å². The second-order valence-corrected chi connectivity index (χ2v) is 4.64. The lowest BCUT2D eigenvalue weighted by Gasteiger charge is -1.97. The quantitative estimate of drug-likeness (QED) is 0.628. The zero-order valence-corrected chi connectivity index (χ0v) is 11.2. The summed E-state index contributed by atoms with van der Waals surface area (Å²) in [4.78, 5) is 0. The van der Waals surface area contributed by atoms with Gasteiger partial charge in [0.15, 0.2) is 0 Å². The van der Waals surface area contributed by atoms with E-state index in [1.54, 1.807) is 6.07 Å². The summed E-state index contributed by atoms with van der Waals surface area (Å²) in [7, 11) is 0. The van der Waals surface area contributed by atoms with Gasteiger partial charge in [0.1, 0.15) is 0 Å². The van der Waals surface area contributed by atoms with Crippen LogP contribution in [0.25, 0.3) is 12.2 Å². The molecule has 0 heterocycles. The van der Waals surface area contributed by atoms with Gasteiger partial charge in [-0.2, -0.15) is 0 Å². The lowest BCUT2D eigenvalue weighted by molar-refractivity contribution is 1.65. The predicted octanol–water partition coefficient (Wildman–Crippen LogP) is 5.72. The molecule has 2 rings (SSSR count). The summed E-state index contributed by atoms with van der Waals surface area (Å²) in [6.45, 7) is 0. The number of hydrogen-bond acceptors (Lipinski definition) is 0. The molecule has 0 aliphatic heterocycles. The molecule has 0 saturated heterocycles. The van der Waals surface area contributed by atoms with Crippen molar-refractivity contribution < 1.29 is 0 Å². The molecule has 0 unspecified atom stereocenters. The van der Waals surface area contributed by atoms with Gasteiger partial charge < -0.3 is 0 Å². The van der Waals surface area contributed by atoms with Crippen LogP contribution in [-0.4, -0.2) is 0 Å². The Bertz CT molecular complexity index is 569. The van der Waals surface area contributed by atoms with E-state index < -0.39 is 0 Å². The molecule has 2 heteroatoms. The molecule has 0 atom stereocenters. The average Bonchev–Trinajstić information content (AvgIpc) is 2.38. The molecular weight excluding hydrogens is 263 g/mol. The van der Waals surface area contributed by atoms with Gasteiger partial charge in [-0.3, -0.25) is 0 Å². The van der Waals surface area contributed by atoms with Crippen LogP contribution in [0, 0.1) is 0 Å². The summed E-state index contributed by atoms with van der Waals surface area (Å²) in [6.07, 6.45) is 7.95. The first-order chi connectivity index (χ1) is 8.75. The summed E-state index contributed by atoms with van der Waals surface area (Å²) < 4.78 is 0. The molecular formula is C16H12Cl2. The highest BCUT2D eigenvalue weighted by Gasteiger charge is 1.96. The van der Waals surface area contributed by atoms with Gasteiger partial charge in [-0.05, 0) is 23.3 Å². The van der Waals surface area contributed by atoms with Crippen molar-refractivity contribution in [1.82, 2.24) is 0 Å². The second kappa shape index (κ2) is 6.44. The van der Waals surface area contributed by atoms with E-state index in [9.17, 15) is 0 Å². The van der Waals surface area contributed by atoms with E-state index in [0.717, 1.165) is 5.56 Å². The molecule has 0 fully saturated rings. The Labute approximate surface area is 117 Å². The van der Waals surface area contributed by atoms with Crippen LogP contribution in [-0.2, 0) is 0 Å². The third-order valence-electron chi connectivity index (χ3n) is 2.44. The van der Waals surface area contributed by atoms with E-state index in [4.69, 9.17) is 23.2 Å². The molecule has 0 N–H and O–H groups in total. The van der Waals surface area contributed by atoms with Crippen molar-refractivity contribution >= 4 is 35.4 Å². The topological polar surface area (TPSA) is 0 Å². The number of rotatable bonds is 3. The first kappa shape index (κ1) is 12.9. The summed E-state index contributed by atoms with van der Waals surface area (Å²) in [5.41, 5.74) is 2.13. The monoisotopic (exact) mass is 274 g/mol. The maximum Gasteiger partial charge on any atom is 0.0493 e. The van der Waals surface area contributed by atoms with Crippen LogP contribution >= 0.6 is 23.2 Å². The molecule has 0 aliphatic rings. The highest BCUT2D eigenvalue weighted by atomic mass is 35.5. The van der Waals surface area contributed by atoms with Crippen LogP contribution in [0.4, 0.5) is 0 Å². The normalized spacial score (nSPS) is 11.4. The SMILES string of the molecule is Clc1ccc(/C=C/C=C/c2ccccc2)c(Cl)c1. The molecule has 90 valence electrons. The van der Waals surface area contributed by atoms with Crippen LogP contribution in [0.1, 0.15) is 11.1 Å². The molecule has 0 aromatic heterocycles. The average molecular weight is 275 g/mol. The third kappa shape index (κ3) is 3.76. The van der Waals surface area contributed by atoms with E-state index >= 15 is 0 Å². The number of halogens is 2. The fourth-order valence-electron chi connectivity index (χ4n) is 1.53. The van der Waals surface area contributed by atoms with Gasteiger partial charge in [0.2, 0.25) is 0 Å². The molecule has 0 saturated carbocycles. The standard InChI is InChI=1S/C16H12Cl2/c17-15-11-10-14(16(18)12-15)9-5-4-8-13-6-2-1-3-7-13/h1-12H/b8-4+,9-5+. The Balaban J connectivity index is 2.06. The van der Waals surface area contributed by atoms with Gasteiger partial charge in [0, 0.05) is 10.0 Å². The minimum absolute atomic E-state index is 0.650. The second-order valence-electron chi connectivity index (χ2n) is 3.79. The van der Waals surface area contributed by atoms with E-state index in [2.05, 4.69) is 12.1 Å². The highest BCUT2D eigenvalue weighted by Crippen LogP contribution is 2.21. The van der Waals surface area contributed by atoms with Crippen LogP contribution in [0.5, 0.6) is 0 Å². The van der Waals surface area contributed by atoms with Gasteiger partial charge in [-0.1, -0.05) is 83.9 Å². The Kier molecular flexibility index (Phi) is 4.63. The zero-order chi connectivity index (χ0) is 12.8. The number of benzene rings is 2. The minimum atomic E-state index is 0.650. The minimum Gasteiger partial charge on any atom is -0.0843 e. The summed E-state index contributed by atoms with van der Waals surface area (Å²) in [6, 6.07) is 15.6. The first-order valence-corrected chi connectivity index (χ1v) is 6.36. The van der Waals surface area contributed by atoms with Gasteiger partial charge in [0.25, 0.3) is 0 Å². The Morgan fingerprint density at radius 3 is 2.22 bits per heavy atom. The molecule has 0 spiro atoms. The lowest BCUT2D eigenvalue weighted by Crippen LogP contribution is -1.74. The predicted molar refractivity (Wildman–Crippen MR) is 81.0 cm³/mol. The Hall–Kier alpha value is -1.50. The van der Waals surface area contributed by atoms with Crippen LogP contribution in [0.3, 0.4) is 0 Å². The Morgan fingerprint density at radius 1 is 0.778 bits per heavy atom. The molecule has 0 nitrogen and oxygen atoms in total. The summed E-state index contributed by atoms with van der Waals surface area (Å²) in [5, 5.41) is 1.31. The largest absolute Gasteiger partial charge is 0.0843 e. The fraction of sp³-hybridized carbons (Fsp3) is 0. The molecule has 2 aromatic rings. The number of allylic oxidation sites excluding steroid dienone is 2. The summed E-state index contributed by atoms with van der Waals surface area (Å²) in [5.74, 6) is 0. The summed E-state index contributed by atoms with van der Waals surface area (Å²) >= 11 is 11.9. The van der Waals surface area contributed by atoms with Crippen molar-refractivity contribution in [3.63, 3.8) is 0 Å². The van der Waals surface area contributed by atoms with Crippen molar-refractivity contribution in [3.8, 4) is 0 Å². The first-order valence-electron chi connectivity index (χ1n) is 5.60. The highest BCUT2D eigenvalue weighted by molar-refractivity contribution is 6.35. The van der Waals surface area contributed by atoms with Crippen LogP contribution in [0.2, 0.25) is 10.0 Å². The number of hydrogen-bond donors (Lipinski definition) is 0. The third-order valence-corrected chi connectivity index (χ3v) is 3.00. The molecule has 18 heavy (non-hydrogen) atoms. The van der Waals surface area contributed by atoms with E-state index in [-0.39, 0.29) is 0 Å². The Morgan fingerprint density at radius 2 is 1.50 bits per heavy atom. The fourth-order valence-corrected chi connectivity index (χ4v) is 2.00. The maximum absolute atomic E-state index is 6.07. The van der Waals surface area contributed by atoms with E-state index in [1.165, 1.54) is 5.56 Å². The van der Waals surface area contributed by atoms with Crippen molar-refractivity contribution in [1.29, 1.82) is 0 Å². The van der Waals surface area contributed by atoms with E-state index in [0.29, 0.717) is 10.0 Å². The molecule has 2 aromatic carbocycles.